The fraction of sp³-hybridized carbons (Fsp3) is 0.552. The molecule has 1 saturated carbocycles. The highest BCUT2D eigenvalue weighted by molar-refractivity contribution is 6.22. The van der Waals surface area contributed by atoms with E-state index in [9.17, 15) is 34.8 Å². The minimum atomic E-state index is -2.62. The summed E-state index contributed by atoms with van der Waals surface area (Å²) in [7, 11) is 6.89. The number of hydrogen-bond acceptors (Lipinski definition) is 10. The molecule has 0 aliphatic heterocycles. The molecule has 0 radical (unpaired) electrons. The number of carbonyl (C=O) groups excluding carboxylic acids is 3. The van der Waals surface area contributed by atoms with Gasteiger partial charge in [-0.2, -0.15) is 0 Å². The second kappa shape index (κ2) is 9.99. The van der Waals surface area contributed by atoms with Crippen molar-refractivity contribution in [1.82, 2.24) is 10.2 Å². The Labute approximate surface area is 233 Å². The number of likely N-dealkylation sites (N-methyl/N-ethyl adjacent to an activating group) is 1. The molecule has 4 unspecified atom stereocenters. The summed E-state index contributed by atoms with van der Waals surface area (Å²) in [5.41, 5.74) is 1.81. The van der Waals surface area contributed by atoms with Gasteiger partial charge in [-0.05, 0) is 49.9 Å². The van der Waals surface area contributed by atoms with Crippen molar-refractivity contribution in [3.05, 3.63) is 39.7 Å². The monoisotopic (exact) mass is 557 g/mol. The standard InChI is InChI=1S/C29H40N4O7/c1-28(2,3)12-31-11-14-10-17(32(4)5)15-8-13-9-16-21(33(6)7)24(36)20(27(30)39)26(38)29(16,40)25(37)18(13)23(35)19(15)22(14)34/h10,13,16,21,31,34-35,38,40H,8-9,11-12H2,1-7H3,(H2,30,39)/p+1. The summed E-state index contributed by atoms with van der Waals surface area (Å²) in [5.74, 6) is -6.08. The number of benzene rings is 1. The Morgan fingerprint density at radius 3 is 2.30 bits per heavy atom. The van der Waals surface area contributed by atoms with Crippen LogP contribution in [0.15, 0.2) is 23.0 Å². The molecule has 1 aromatic carbocycles. The van der Waals surface area contributed by atoms with E-state index < -0.39 is 58.0 Å². The molecule has 1 aromatic rings. The van der Waals surface area contributed by atoms with Crippen molar-refractivity contribution in [3.63, 3.8) is 0 Å². The molecule has 0 spiro atoms. The molecule has 3 aliphatic carbocycles. The van der Waals surface area contributed by atoms with E-state index in [1.165, 1.54) is 4.90 Å². The smallest absolute Gasteiger partial charge is 0.348 e. The topological polar surface area (TPSA) is 178 Å². The van der Waals surface area contributed by atoms with Gasteiger partial charge in [0.15, 0.2) is 22.7 Å². The number of rotatable bonds is 6. The molecule has 1 amide bonds. The van der Waals surface area contributed by atoms with Gasteiger partial charge in [0.1, 0.15) is 11.5 Å². The van der Waals surface area contributed by atoms with Gasteiger partial charge in [0.2, 0.25) is 5.78 Å². The maximum absolute atomic E-state index is 14.1. The molecule has 4 atom stereocenters. The van der Waals surface area contributed by atoms with Crippen molar-refractivity contribution in [2.75, 3.05) is 39.6 Å². The van der Waals surface area contributed by atoms with Crippen LogP contribution in [0.5, 0.6) is 5.75 Å². The number of nitrogens with zero attached hydrogens (tertiary/aromatic N) is 2. The maximum Gasteiger partial charge on any atom is 0.348 e. The molecule has 218 valence electrons. The Morgan fingerprint density at radius 1 is 1.15 bits per heavy atom. The van der Waals surface area contributed by atoms with Gasteiger partial charge in [-0.1, -0.05) is 20.8 Å². The van der Waals surface area contributed by atoms with Crippen LogP contribution in [0.3, 0.4) is 0 Å². The number of fused-ring (bicyclic) bond motifs is 3. The van der Waals surface area contributed by atoms with E-state index in [2.05, 4.69) is 31.8 Å². The van der Waals surface area contributed by atoms with Gasteiger partial charge in [0, 0.05) is 49.9 Å². The van der Waals surface area contributed by atoms with Crippen LogP contribution in [0, 0.1) is 17.3 Å². The Kier molecular flexibility index (Phi) is 7.42. The zero-order valence-electron chi connectivity index (χ0n) is 24.3. The van der Waals surface area contributed by atoms with Gasteiger partial charge in [-0.3, -0.25) is 20.2 Å². The first-order valence-corrected chi connectivity index (χ1v) is 13.4. The van der Waals surface area contributed by atoms with Crippen molar-refractivity contribution in [2.24, 2.45) is 17.3 Å². The highest BCUT2D eigenvalue weighted by atomic mass is 16.3. The number of aliphatic hydroxyl groups is 3. The number of nitrogens with one attached hydrogen (secondary N) is 1. The van der Waals surface area contributed by atoms with Crippen molar-refractivity contribution in [1.29, 1.82) is 0 Å². The van der Waals surface area contributed by atoms with Gasteiger partial charge in [0.05, 0.1) is 11.6 Å². The van der Waals surface area contributed by atoms with Crippen LogP contribution in [-0.4, -0.2) is 89.2 Å². The van der Waals surface area contributed by atoms with E-state index in [1.54, 1.807) is 14.1 Å². The number of Topliss-reactive ketones (excluding diaryl/α,β-unsaturated/α-hetero) is 2. The van der Waals surface area contributed by atoms with E-state index in [1.807, 2.05) is 25.1 Å². The van der Waals surface area contributed by atoms with Gasteiger partial charge < -0.3 is 30.6 Å². The molecular formula is C29H41N4O7+. The molecule has 3 aliphatic rings. The van der Waals surface area contributed by atoms with Gasteiger partial charge in [0.25, 0.3) is 0 Å². The minimum absolute atomic E-state index is 0.00159. The predicted octanol–water partition coefficient (Wildman–Crippen LogP) is 0.449. The first kappa shape index (κ1) is 29.7. The van der Waals surface area contributed by atoms with E-state index >= 15 is 0 Å². The number of anilines is 1. The Hall–Kier alpha value is -3.25. The SMILES string of the molecule is CN(C)c1cc(CNCC(C)(C)C)c(O)c2c1CC1CC3C(N(C)C)C(=O)C(C([NH3+])=O)=C(O)C3(O)C(=O)C1=C2O. The van der Waals surface area contributed by atoms with Crippen molar-refractivity contribution in [3.8, 4) is 5.75 Å². The van der Waals surface area contributed by atoms with Crippen LogP contribution in [0.4, 0.5) is 5.69 Å². The molecular weight excluding hydrogens is 516 g/mol. The van der Waals surface area contributed by atoms with Crippen LogP contribution in [0.1, 0.15) is 43.9 Å². The molecule has 4 rings (SSSR count). The number of aromatic hydroxyl groups is 1. The van der Waals surface area contributed by atoms with E-state index in [0.29, 0.717) is 24.2 Å². The Bertz CT molecular complexity index is 1350. The van der Waals surface area contributed by atoms with E-state index in [4.69, 9.17) is 0 Å². The summed E-state index contributed by atoms with van der Waals surface area (Å²) in [6.45, 7) is 7.23. The number of aliphatic hydroxyl groups excluding tert-OH is 2. The number of carbonyl (C=O) groups is 3. The highest BCUT2D eigenvalue weighted by Crippen LogP contribution is 2.54. The van der Waals surface area contributed by atoms with Gasteiger partial charge >= 0.3 is 5.91 Å². The molecule has 11 nitrogen and oxygen atoms in total. The third-order valence-corrected chi connectivity index (χ3v) is 8.26. The molecule has 1 fully saturated rings. The van der Waals surface area contributed by atoms with Gasteiger partial charge in [-0.25, -0.2) is 4.79 Å². The van der Waals surface area contributed by atoms with Crippen LogP contribution in [-0.2, 0) is 27.3 Å². The molecule has 0 bridgehead atoms. The fourth-order valence-electron chi connectivity index (χ4n) is 6.48. The summed E-state index contributed by atoms with van der Waals surface area (Å²) >= 11 is 0. The highest BCUT2D eigenvalue weighted by Gasteiger charge is 2.64. The first-order chi connectivity index (χ1) is 18.4. The second-order valence-corrected chi connectivity index (χ2v) is 12.8. The zero-order chi connectivity index (χ0) is 30.1. The number of hydrogen-bond donors (Lipinski definition) is 6. The number of amides is 1. The van der Waals surface area contributed by atoms with Crippen molar-refractivity contribution < 1.29 is 40.5 Å². The molecule has 11 heteroatoms. The predicted molar refractivity (Wildman–Crippen MR) is 148 cm³/mol. The van der Waals surface area contributed by atoms with Gasteiger partial charge in [-0.15, -0.1) is 0 Å². The van der Waals surface area contributed by atoms with E-state index in [0.717, 1.165) is 5.69 Å². The van der Waals surface area contributed by atoms with Crippen LogP contribution < -0.4 is 16.0 Å². The van der Waals surface area contributed by atoms with Crippen LogP contribution >= 0.6 is 0 Å². The van der Waals surface area contributed by atoms with Crippen molar-refractivity contribution >= 4 is 28.9 Å². The first-order valence-electron chi connectivity index (χ1n) is 13.4. The number of phenols is 1. The summed E-state index contributed by atoms with van der Waals surface area (Å²) in [4.78, 5) is 43.0. The summed E-state index contributed by atoms with van der Waals surface area (Å²) < 4.78 is 0. The third-order valence-electron chi connectivity index (χ3n) is 8.26. The number of phenolic OH excluding ortho intramolecular Hbond substituents is 1. The molecule has 0 saturated heterocycles. The third kappa shape index (κ3) is 4.50. The number of ketones is 2. The average molecular weight is 558 g/mol. The minimum Gasteiger partial charge on any atom is -0.508 e. The summed E-state index contributed by atoms with van der Waals surface area (Å²) in [5, 5.41) is 49.1. The Morgan fingerprint density at radius 2 is 1.77 bits per heavy atom. The van der Waals surface area contributed by atoms with E-state index in [-0.39, 0.29) is 35.1 Å². The fourth-order valence-corrected chi connectivity index (χ4v) is 6.48. The maximum atomic E-state index is 14.1. The average Bonchev–Trinajstić information content (AvgIpc) is 2.81. The molecule has 40 heavy (non-hydrogen) atoms. The largest absolute Gasteiger partial charge is 0.508 e. The summed E-state index contributed by atoms with van der Waals surface area (Å²) in [6, 6.07) is 0.782. The lowest BCUT2D eigenvalue weighted by Crippen LogP contribution is -2.68. The molecule has 0 aromatic heterocycles. The second-order valence-electron chi connectivity index (χ2n) is 12.8. The quantitative estimate of drug-likeness (QED) is 0.269. The van der Waals surface area contributed by atoms with Crippen LogP contribution in [0.2, 0.25) is 0 Å². The molecule has 0 heterocycles. The molecule has 8 N–H and O–H groups in total. The lowest BCUT2D eigenvalue weighted by atomic mass is 9.57. The normalized spacial score (nSPS) is 26.6. The zero-order valence-corrected chi connectivity index (χ0v) is 24.3. The van der Waals surface area contributed by atoms with Crippen molar-refractivity contribution in [2.45, 2.75) is 51.8 Å². The lowest BCUT2D eigenvalue weighted by Gasteiger charge is -2.50. The summed E-state index contributed by atoms with van der Waals surface area (Å²) in [6.07, 6.45) is 0.324. The lowest BCUT2D eigenvalue weighted by molar-refractivity contribution is -0.299. The Balaban J connectivity index is 1.91. The van der Waals surface area contributed by atoms with Crippen LogP contribution in [0.25, 0.3) is 5.76 Å². The number of quaternary nitrogens is 1.